The van der Waals surface area contributed by atoms with E-state index in [-0.39, 0.29) is 48.1 Å². The van der Waals surface area contributed by atoms with Crippen LogP contribution in [0.25, 0.3) is 11.5 Å². The van der Waals surface area contributed by atoms with Gasteiger partial charge in [-0.2, -0.15) is 8.78 Å². The summed E-state index contributed by atoms with van der Waals surface area (Å²) in [5, 5.41) is 6.68. The van der Waals surface area contributed by atoms with Crippen molar-refractivity contribution < 1.29 is 35.2 Å². The number of sulfonamides is 1. The first-order valence-corrected chi connectivity index (χ1v) is 12.1. The summed E-state index contributed by atoms with van der Waals surface area (Å²) in [6.45, 7) is 1.17. The number of benzene rings is 2. The van der Waals surface area contributed by atoms with E-state index in [0.29, 0.717) is 0 Å². The molecule has 3 aromatic rings. The number of alkyl halides is 2. The standard InChI is InChI=1S/C22H20F4N4O4S/c1-2-35(32,33)29-10-15(11-29)22(31)30(17-5-3-4-16(23)9-17)12-14-7-6-13(8-18(14)24)20-27-28-21(34-20)19(25)26/h3-9,15,19H,2,10-12H2,1H3. The molecule has 2 heterocycles. The lowest BCUT2D eigenvalue weighted by Gasteiger charge is -2.39. The summed E-state index contributed by atoms with van der Waals surface area (Å²) >= 11 is 0. The van der Waals surface area contributed by atoms with Crippen molar-refractivity contribution in [1.29, 1.82) is 0 Å². The number of carbonyl (C=O) groups is 1. The summed E-state index contributed by atoms with van der Waals surface area (Å²) in [4.78, 5) is 14.4. The molecule has 1 aliphatic heterocycles. The molecule has 0 saturated carbocycles. The smallest absolute Gasteiger partial charge is 0.314 e. The normalized spacial score (nSPS) is 14.8. The Morgan fingerprint density at radius 3 is 2.51 bits per heavy atom. The third-order valence-electron chi connectivity index (χ3n) is 5.60. The molecule has 0 N–H and O–H groups in total. The molecule has 2 aromatic carbocycles. The van der Waals surface area contributed by atoms with Crippen LogP contribution in [0.1, 0.15) is 24.8 Å². The largest absolute Gasteiger partial charge is 0.415 e. The Bertz CT molecular complexity index is 1340. The molecule has 4 rings (SSSR count). The Hall–Kier alpha value is -3.32. The van der Waals surface area contributed by atoms with Gasteiger partial charge in [0.05, 0.1) is 18.2 Å². The minimum absolute atomic E-state index is 0.0219. The second-order valence-corrected chi connectivity index (χ2v) is 10.1. The highest BCUT2D eigenvalue weighted by Gasteiger charge is 2.41. The van der Waals surface area contributed by atoms with E-state index in [1.165, 1.54) is 46.5 Å². The molecule has 0 spiro atoms. The number of hydrogen-bond donors (Lipinski definition) is 0. The van der Waals surface area contributed by atoms with Gasteiger partial charge in [0.25, 0.3) is 5.89 Å². The van der Waals surface area contributed by atoms with Crippen LogP contribution >= 0.6 is 0 Å². The van der Waals surface area contributed by atoms with Crippen molar-refractivity contribution in [3.8, 4) is 11.5 Å². The summed E-state index contributed by atoms with van der Waals surface area (Å²) in [7, 11) is -3.45. The van der Waals surface area contributed by atoms with Crippen LogP contribution in [0, 0.1) is 17.6 Å². The van der Waals surface area contributed by atoms with Gasteiger partial charge in [0.2, 0.25) is 21.8 Å². The van der Waals surface area contributed by atoms with Gasteiger partial charge in [-0.3, -0.25) is 4.79 Å². The maximum absolute atomic E-state index is 14.9. The first-order valence-electron chi connectivity index (χ1n) is 10.5. The van der Waals surface area contributed by atoms with Gasteiger partial charge in [-0.15, -0.1) is 10.2 Å². The average molecular weight is 512 g/mol. The van der Waals surface area contributed by atoms with Crippen molar-refractivity contribution in [2.45, 2.75) is 19.9 Å². The molecule has 1 saturated heterocycles. The van der Waals surface area contributed by atoms with Crippen LogP contribution in [0.3, 0.4) is 0 Å². The first kappa shape index (κ1) is 24.8. The Morgan fingerprint density at radius 1 is 1.17 bits per heavy atom. The Balaban J connectivity index is 1.58. The van der Waals surface area contributed by atoms with Crippen molar-refractivity contribution in [1.82, 2.24) is 14.5 Å². The summed E-state index contributed by atoms with van der Waals surface area (Å²) in [6, 6.07) is 8.89. The minimum atomic E-state index is -3.45. The zero-order valence-corrected chi connectivity index (χ0v) is 19.2. The number of amides is 1. The maximum atomic E-state index is 14.9. The molecule has 1 aliphatic rings. The van der Waals surface area contributed by atoms with Gasteiger partial charge in [-0.25, -0.2) is 21.5 Å². The predicted molar refractivity (Wildman–Crippen MR) is 117 cm³/mol. The molecule has 186 valence electrons. The number of aromatic nitrogens is 2. The molecule has 1 fully saturated rings. The van der Waals surface area contributed by atoms with Gasteiger partial charge in [-0.05, 0) is 37.3 Å². The van der Waals surface area contributed by atoms with Gasteiger partial charge in [0, 0.05) is 29.9 Å². The van der Waals surface area contributed by atoms with Crippen LogP contribution in [-0.2, 0) is 21.4 Å². The number of anilines is 1. The van der Waals surface area contributed by atoms with Crippen molar-refractivity contribution in [3.63, 3.8) is 0 Å². The molecular formula is C22H20F4N4O4S. The fraction of sp³-hybridized carbons (Fsp3) is 0.318. The van der Waals surface area contributed by atoms with Gasteiger partial charge < -0.3 is 9.32 Å². The molecule has 1 amide bonds. The van der Waals surface area contributed by atoms with Crippen molar-refractivity contribution >= 4 is 21.6 Å². The SMILES string of the molecule is CCS(=O)(=O)N1CC(C(=O)N(Cc2ccc(-c3nnc(C(F)F)o3)cc2F)c2cccc(F)c2)C1. The van der Waals surface area contributed by atoms with Gasteiger partial charge in [0.15, 0.2) is 0 Å². The predicted octanol–water partition coefficient (Wildman–Crippen LogP) is 3.77. The number of rotatable bonds is 8. The zero-order chi connectivity index (χ0) is 25.3. The molecule has 0 unspecified atom stereocenters. The van der Waals surface area contributed by atoms with E-state index >= 15 is 0 Å². The van der Waals surface area contributed by atoms with Gasteiger partial charge in [0.1, 0.15) is 11.6 Å². The summed E-state index contributed by atoms with van der Waals surface area (Å²) in [5.41, 5.74) is 0.291. The van der Waals surface area contributed by atoms with Gasteiger partial charge >= 0.3 is 6.43 Å². The Labute approximate surface area is 198 Å². The Morgan fingerprint density at radius 2 is 1.91 bits per heavy atom. The van der Waals surface area contributed by atoms with Crippen LogP contribution < -0.4 is 4.90 Å². The fourth-order valence-electron chi connectivity index (χ4n) is 3.58. The number of hydrogen-bond acceptors (Lipinski definition) is 6. The second-order valence-electron chi connectivity index (χ2n) is 7.87. The molecule has 0 atom stereocenters. The van der Waals surface area contributed by atoms with Crippen LogP contribution in [-0.4, -0.2) is 47.7 Å². The number of halogens is 4. The van der Waals surface area contributed by atoms with Crippen molar-refractivity contribution in [2.75, 3.05) is 23.7 Å². The second kappa shape index (κ2) is 9.74. The zero-order valence-electron chi connectivity index (χ0n) is 18.4. The topological polar surface area (TPSA) is 96.6 Å². The van der Waals surface area contributed by atoms with E-state index < -0.39 is 45.8 Å². The van der Waals surface area contributed by atoms with Crippen molar-refractivity contribution in [2.24, 2.45) is 5.92 Å². The molecule has 8 nitrogen and oxygen atoms in total. The third-order valence-corrected chi connectivity index (χ3v) is 7.41. The van der Waals surface area contributed by atoms with Crippen LogP contribution in [0.15, 0.2) is 46.9 Å². The van der Waals surface area contributed by atoms with E-state index in [0.717, 1.165) is 12.1 Å². The summed E-state index contributed by atoms with van der Waals surface area (Å²) in [6.07, 6.45) is -2.97. The quantitative estimate of drug-likeness (QED) is 0.427. The van der Waals surface area contributed by atoms with Gasteiger partial charge in [-0.1, -0.05) is 12.1 Å². The minimum Gasteiger partial charge on any atom is -0.415 e. The average Bonchev–Trinajstić information content (AvgIpc) is 3.27. The lowest BCUT2D eigenvalue weighted by molar-refractivity contribution is -0.125. The molecular weight excluding hydrogens is 492 g/mol. The van der Waals surface area contributed by atoms with E-state index in [1.807, 2.05) is 0 Å². The Kier molecular flexibility index (Phi) is 6.90. The first-order chi connectivity index (χ1) is 16.6. The molecule has 13 heteroatoms. The fourth-order valence-corrected chi connectivity index (χ4v) is 4.76. The molecule has 35 heavy (non-hydrogen) atoms. The summed E-state index contributed by atoms with van der Waals surface area (Å²) in [5.74, 6) is -3.84. The number of carbonyl (C=O) groups excluding carboxylic acids is 1. The molecule has 0 radical (unpaired) electrons. The third kappa shape index (κ3) is 5.20. The van der Waals surface area contributed by atoms with E-state index in [4.69, 9.17) is 4.42 Å². The van der Waals surface area contributed by atoms with Crippen molar-refractivity contribution in [3.05, 3.63) is 65.6 Å². The van der Waals surface area contributed by atoms with E-state index in [2.05, 4.69) is 10.2 Å². The van der Waals surface area contributed by atoms with Crippen LogP contribution in [0.4, 0.5) is 23.2 Å². The molecule has 1 aromatic heterocycles. The summed E-state index contributed by atoms with van der Waals surface area (Å²) < 4.78 is 84.2. The highest BCUT2D eigenvalue weighted by atomic mass is 32.2. The highest BCUT2D eigenvalue weighted by Crippen LogP contribution is 2.29. The van der Waals surface area contributed by atoms with E-state index in [1.54, 1.807) is 0 Å². The number of nitrogens with zero attached hydrogens (tertiary/aromatic N) is 4. The lowest BCUT2D eigenvalue weighted by Crippen LogP contribution is -2.56. The van der Waals surface area contributed by atoms with Crippen LogP contribution in [0.2, 0.25) is 0 Å². The highest BCUT2D eigenvalue weighted by molar-refractivity contribution is 7.89. The molecule has 0 bridgehead atoms. The lowest BCUT2D eigenvalue weighted by atomic mass is 10.0. The van der Waals surface area contributed by atoms with E-state index in [9.17, 15) is 30.8 Å². The monoisotopic (exact) mass is 512 g/mol. The van der Waals surface area contributed by atoms with Crippen LogP contribution in [0.5, 0.6) is 0 Å². The maximum Gasteiger partial charge on any atom is 0.314 e. The molecule has 0 aliphatic carbocycles.